The van der Waals surface area contributed by atoms with Crippen LogP contribution in [0.15, 0.2) is 83.6 Å². The maximum Gasteiger partial charge on any atom is 0.239 e. The number of nitrogens with two attached hydrogens (primary N) is 1. The van der Waals surface area contributed by atoms with Crippen molar-refractivity contribution in [1.29, 1.82) is 0 Å². The first-order valence-corrected chi connectivity index (χ1v) is 9.28. The Bertz CT molecular complexity index is 1090. The summed E-state index contributed by atoms with van der Waals surface area (Å²) in [6.07, 6.45) is 3.64. The molecular weight excluding hydrogens is 364 g/mol. The third-order valence-corrected chi connectivity index (χ3v) is 4.58. The molecule has 1 amide bonds. The molecule has 0 fully saturated rings. The smallest absolute Gasteiger partial charge is 0.239 e. The number of carbonyl (C=O) groups excluding carboxylic acids is 1. The molecular formula is C23H20N4O2. The van der Waals surface area contributed by atoms with Gasteiger partial charge in [-0.25, -0.2) is 0 Å². The zero-order chi connectivity index (χ0) is 20.1. The predicted molar refractivity (Wildman–Crippen MR) is 112 cm³/mol. The lowest BCUT2D eigenvalue weighted by molar-refractivity contribution is -0.115. The number of nitrogens with zero attached hydrogens (tertiary/aromatic N) is 2. The summed E-state index contributed by atoms with van der Waals surface area (Å²) >= 11 is 0. The second kappa shape index (κ2) is 8.50. The standard InChI is InChI=1S/C23H20N4O2/c24-15-17-6-8-19(9-7-17)22-21(18-10-12-25-13-11-18)23(29-27-22)26-20(28)14-16-4-2-1-3-5-16/h1-13H,14-15,24H2,(H,26,28). The van der Waals surface area contributed by atoms with Crippen molar-refractivity contribution >= 4 is 11.8 Å². The summed E-state index contributed by atoms with van der Waals surface area (Å²) < 4.78 is 5.54. The summed E-state index contributed by atoms with van der Waals surface area (Å²) in [5.41, 5.74) is 10.7. The number of rotatable bonds is 6. The quantitative estimate of drug-likeness (QED) is 0.523. The maximum atomic E-state index is 12.6. The third-order valence-electron chi connectivity index (χ3n) is 4.58. The molecule has 0 unspecified atom stereocenters. The molecule has 0 saturated carbocycles. The van der Waals surface area contributed by atoms with E-state index in [1.54, 1.807) is 12.4 Å². The molecule has 0 bridgehead atoms. The van der Waals surface area contributed by atoms with Crippen LogP contribution in [-0.4, -0.2) is 16.0 Å². The van der Waals surface area contributed by atoms with E-state index in [9.17, 15) is 4.79 Å². The molecule has 4 rings (SSSR count). The van der Waals surface area contributed by atoms with Crippen molar-refractivity contribution in [2.45, 2.75) is 13.0 Å². The molecule has 0 spiro atoms. The van der Waals surface area contributed by atoms with E-state index in [2.05, 4.69) is 15.5 Å². The van der Waals surface area contributed by atoms with Crippen molar-refractivity contribution in [1.82, 2.24) is 10.1 Å². The fourth-order valence-electron chi connectivity index (χ4n) is 3.11. The summed E-state index contributed by atoms with van der Waals surface area (Å²) in [5.74, 6) is 0.141. The van der Waals surface area contributed by atoms with Gasteiger partial charge in [-0.1, -0.05) is 59.8 Å². The van der Waals surface area contributed by atoms with Gasteiger partial charge in [-0.2, -0.15) is 0 Å². The average Bonchev–Trinajstić information content (AvgIpc) is 3.18. The predicted octanol–water partition coefficient (Wildman–Crippen LogP) is 4.04. The van der Waals surface area contributed by atoms with Crippen LogP contribution < -0.4 is 11.1 Å². The van der Waals surface area contributed by atoms with Gasteiger partial charge in [0, 0.05) is 24.5 Å². The molecule has 0 radical (unpaired) electrons. The minimum Gasteiger partial charge on any atom is -0.337 e. The highest BCUT2D eigenvalue weighted by molar-refractivity contribution is 5.97. The van der Waals surface area contributed by atoms with Crippen LogP contribution in [0.25, 0.3) is 22.4 Å². The monoisotopic (exact) mass is 384 g/mol. The first kappa shape index (κ1) is 18.6. The zero-order valence-electron chi connectivity index (χ0n) is 15.7. The third kappa shape index (κ3) is 4.23. The Hall–Kier alpha value is -3.77. The van der Waals surface area contributed by atoms with Gasteiger partial charge in [0.1, 0.15) is 5.69 Å². The van der Waals surface area contributed by atoms with Crippen molar-refractivity contribution < 1.29 is 9.32 Å². The second-order valence-electron chi connectivity index (χ2n) is 6.58. The lowest BCUT2D eigenvalue weighted by Crippen LogP contribution is -2.14. The van der Waals surface area contributed by atoms with E-state index < -0.39 is 0 Å². The Morgan fingerprint density at radius 2 is 1.62 bits per heavy atom. The Labute approximate surface area is 168 Å². The molecule has 2 aromatic heterocycles. The van der Waals surface area contributed by atoms with Crippen LogP contribution >= 0.6 is 0 Å². The zero-order valence-corrected chi connectivity index (χ0v) is 15.7. The van der Waals surface area contributed by atoms with Crippen molar-refractivity contribution in [3.63, 3.8) is 0 Å². The van der Waals surface area contributed by atoms with Gasteiger partial charge >= 0.3 is 0 Å². The van der Waals surface area contributed by atoms with E-state index in [0.29, 0.717) is 23.7 Å². The maximum absolute atomic E-state index is 12.6. The minimum absolute atomic E-state index is 0.173. The molecule has 3 N–H and O–H groups in total. The molecule has 0 saturated heterocycles. The van der Waals surface area contributed by atoms with Crippen LogP contribution in [-0.2, 0) is 17.8 Å². The summed E-state index contributed by atoms with van der Waals surface area (Å²) in [5, 5.41) is 7.10. The van der Waals surface area contributed by atoms with Crippen LogP contribution in [0.1, 0.15) is 11.1 Å². The molecule has 144 valence electrons. The van der Waals surface area contributed by atoms with Crippen LogP contribution in [0.5, 0.6) is 0 Å². The van der Waals surface area contributed by atoms with Gasteiger partial charge in [-0.15, -0.1) is 0 Å². The molecule has 6 heteroatoms. The number of nitrogens with one attached hydrogen (secondary N) is 1. The lowest BCUT2D eigenvalue weighted by atomic mass is 10.0. The van der Waals surface area contributed by atoms with Gasteiger partial charge in [0.15, 0.2) is 0 Å². The molecule has 29 heavy (non-hydrogen) atoms. The number of hydrogen-bond donors (Lipinski definition) is 2. The van der Waals surface area contributed by atoms with E-state index in [1.165, 1.54) is 0 Å². The van der Waals surface area contributed by atoms with E-state index >= 15 is 0 Å². The van der Waals surface area contributed by atoms with Crippen LogP contribution in [0.4, 0.5) is 5.88 Å². The summed E-state index contributed by atoms with van der Waals surface area (Å²) in [6.45, 7) is 0.469. The largest absolute Gasteiger partial charge is 0.337 e. The van der Waals surface area contributed by atoms with Crippen LogP contribution in [0.2, 0.25) is 0 Å². The van der Waals surface area contributed by atoms with E-state index in [-0.39, 0.29) is 12.3 Å². The number of benzene rings is 2. The van der Waals surface area contributed by atoms with Gasteiger partial charge in [0.25, 0.3) is 0 Å². The number of pyridine rings is 1. The van der Waals surface area contributed by atoms with Crippen molar-refractivity contribution in [3.05, 3.63) is 90.3 Å². The van der Waals surface area contributed by atoms with Gasteiger partial charge in [-0.05, 0) is 28.8 Å². The average molecular weight is 384 g/mol. The van der Waals surface area contributed by atoms with Gasteiger partial charge in [0.2, 0.25) is 11.8 Å². The first-order valence-electron chi connectivity index (χ1n) is 9.28. The Morgan fingerprint density at radius 1 is 0.897 bits per heavy atom. The van der Waals surface area contributed by atoms with Gasteiger partial charge in [-0.3, -0.25) is 15.1 Å². The Kier molecular flexibility index (Phi) is 5.45. The number of aromatic nitrogens is 2. The van der Waals surface area contributed by atoms with Crippen molar-refractivity contribution in [2.75, 3.05) is 5.32 Å². The fourth-order valence-corrected chi connectivity index (χ4v) is 3.11. The lowest BCUT2D eigenvalue weighted by Gasteiger charge is -2.07. The van der Waals surface area contributed by atoms with Crippen LogP contribution in [0, 0.1) is 0 Å². The molecule has 0 aliphatic carbocycles. The second-order valence-corrected chi connectivity index (χ2v) is 6.58. The topological polar surface area (TPSA) is 94.0 Å². The number of hydrogen-bond acceptors (Lipinski definition) is 5. The Balaban J connectivity index is 1.68. The first-order chi connectivity index (χ1) is 14.2. The van der Waals surface area contributed by atoms with E-state index in [1.807, 2.05) is 66.7 Å². The Morgan fingerprint density at radius 3 is 2.31 bits per heavy atom. The fraction of sp³-hybridized carbons (Fsp3) is 0.0870. The molecule has 0 aliphatic heterocycles. The summed E-state index contributed by atoms with van der Waals surface area (Å²) in [6, 6.07) is 21.1. The van der Waals surface area contributed by atoms with Gasteiger partial charge in [0.05, 0.1) is 12.0 Å². The summed E-state index contributed by atoms with van der Waals surface area (Å²) in [7, 11) is 0. The van der Waals surface area contributed by atoms with Gasteiger partial charge < -0.3 is 10.3 Å². The number of carbonyl (C=O) groups is 1. The minimum atomic E-state index is -0.173. The highest BCUT2D eigenvalue weighted by atomic mass is 16.5. The number of anilines is 1. The number of amides is 1. The summed E-state index contributed by atoms with van der Waals surface area (Å²) in [4.78, 5) is 16.6. The molecule has 0 aliphatic rings. The molecule has 4 aromatic rings. The molecule has 2 aromatic carbocycles. The molecule has 6 nitrogen and oxygen atoms in total. The highest BCUT2D eigenvalue weighted by Gasteiger charge is 2.21. The van der Waals surface area contributed by atoms with E-state index in [4.69, 9.17) is 10.3 Å². The van der Waals surface area contributed by atoms with Crippen molar-refractivity contribution in [2.24, 2.45) is 5.73 Å². The van der Waals surface area contributed by atoms with Crippen molar-refractivity contribution in [3.8, 4) is 22.4 Å². The molecule has 2 heterocycles. The highest BCUT2D eigenvalue weighted by Crippen LogP contribution is 2.37. The SMILES string of the molecule is NCc1ccc(-c2noc(NC(=O)Cc3ccccc3)c2-c2ccncc2)cc1. The van der Waals surface area contributed by atoms with Crippen LogP contribution in [0.3, 0.4) is 0 Å². The molecule has 0 atom stereocenters. The normalized spacial score (nSPS) is 10.7. The van der Waals surface area contributed by atoms with E-state index in [0.717, 1.165) is 22.3 Å².